The molecule has 7 heteroatoms. The van der Waals surface area contributed by atoms with E-state index in [1.165, 1.54) is 7.11 Å². The minimum atomic E-state index is -0.776. The Hall–Kier alpha value is -2.54. The third-order valence-electron chi connectivity index (χ3n) is 3.45. The van der Waals surface area contributed by atoms with E-state index in [1.807, 2.05) is 13.0 Å². The molecule has 2 aromatic carbocycles. The van der Waals surface area contributed by atoms with Gasteiger partial charge in [0.15, 0.2) is 6.10 Å². The number of rotatable bonds is 5. The van der Waals surface area contributed by atoms with E-state index in [0.717, 1.165) is 10.0 Å². The van der Waals surface area contributed by atoms with Gasteiger partial charge in [-0.25, -0.2) is 0 Å². The summed E-state index contributed by atoms with van der Waals surface area (Å²) in [6.07, 6.45) is -0.776. The lowest BCUT2D eigenvalue weighted by Crippen LogP contribution is -2.47. The first-order valence-corrected chi connectivity index (χ1v) is 8.37. The fourth-order valence-corrected chi connectivity index (χ4v) is 2.43. The topological polar surface area (TPSA) is 76.7 Å². The number of amides is 2. The maximum atomic E-state index is 12.1. The number of hydrogen-bond donors (Lipinski definition) is 2. The number of halogens is 1. The maximum absolute atomic E-state index is 12.1. The lowest BCUT2D eigenvalue weighted by Gasteiger charge is -2.15. The molecule has 1 atom stereocenters. The molecular weight excluding hydrogens is 388 g/mol. The van der Waals surface area contributed by atoms with Crippen LogP contribution < -0.4 is 20.3 Å². The highest BCUT2D eigenvalue weighted by molar-refractivity contribution is 9.10. The van der Waals surface area contributed by atoms with Crippen molar-refractivity contribution >= 4 is 27.7 Å². The molecule has 0 saturated carbocycles. The van der Waals surface area contributed by atoms with Gasteiger partial charge in [0.1, 0.15) is 11.5 Å². The predicted molar refractivity (Wildman–Crippen MR) is 97.6 cm³/mol. The Kier molecular flexibility index (Phi) is 6.41. The molecule has 0 heterocycles. The molecule has 0 spiro atoms. The Labute approximate surface area is 154 Å². The van der Waals surface area contributed by atoms with Crippen LogP contribution in [0.4, 0.5) is 0 Å². The van der Waals surface area contributed by atoms with Gasteiger partial charge in [-0.05, 0) is 49.7 Å². The van der Waals surface area contributed by atoms with Crippen LogP contribution >= 0.6 is 15.9 Å². The molecule has 0 fully saturated rings. The van der Waals surface area contributed by atoms with E-state index in [0.29, 0.717) is 17.1 Å². The summed E-state index contributed by atoms with van der Waals surface area (Å²) in [5.41, 5.74) is 6.01. The van der Waals surface area contributed by atoms with Crippen LogP contribution in [0.2, 0.25) is 0 Å². The molecule has 2 N–H and O–H groups in total. The zero-order valence-corrected chi connectivity index (χ0v) is 15.7. The summed E-state index contributed by atoms with van der Waals surface area (Å²) in [6, 6.07) is 12.2. The van der Waals surface area contributed by atoms with Crippen molar-refractivity contribution in [3.8, 4) is 11.5 Å². The number of methoxy groups -OCH3 is 1. The van der Waals surface area contributed by atoms with Crippen molar-refractivity contribution < 1.29 is 19.1 Å². The minimum Gasteiger partial charge on any atom is -0.496 e. The molecule has 0 radical (unpaired) electrons. The number of hydrazine groups is 1. The van der Waals surface area contributed by atoms with Crippen molar-refractivity contribution in [1.82, 2.24) is 10.9 Å². The Balaban J connectivity index is 1.91. The largest absolute Gasteiger partial charge is 0.496 e. The first-order valence-electron chi connectivity index (χ1n) is 7.57. The molecule has 0 aliphatic rings. The lowest BCUT2D eigenvalue weighted by molar-refractivity contribution is -0.128. The van der Waals surface area contributed by atoms with Crippen molar-refractivity contribution in [2.75, 3.05) is 7.11 Å². The van der Waals surface area contributed by atoms with Gasteiger partial charge in [-0.15, -0.1) is 0 Å². The molecule has 2 aromatic rings. The van der Waals surface area contributed by atoms with Crippen molar-refractivity contribution in [2.24, 2.45) is 0 Å². The summed E-state index contributed by atoms with van der Waals surface area (Å²) in [6.45, 7) is 3.47. The Morgan fingerprint density at radius 2 is 1.88 bits per heavy atom. The SMILES string of the molecule is COc1cc(C(=O)NNC(=O)[C@H](C)Oc2cccc(Br)c2)ccc1C. The van der Waals surface area contributed by atoms with Gasteiger partial charge < -0.3 is 9.47 Å². The second kappa shape index (κ2) is 8.53. The zero-order valence-electron chi connectivity index (χ0n) is 14.1. The second-order valence-corrected chi connectivity index (χ2v) is 6.26. The first-order chi connectivity index (χ1) is 11.9. The quantitative estimate of drug-likeness (QED) is 0.748. The highest BCUT2D eigenvalue weighted by Crippen LogP contribution is 2.19. The van der Waals surface area contributed by atoms with Crippen molar-refractivity contribution in [3.05, 3.63) is 58.1 Å². The monoisotopic (exact) mass is 406 g/mol. The number of benzene rings is 2. The van der Waals surface area contributed by atoms with Gasteiger partial charge >= 0.3 is 0 Å². The Morgan fingerprint density at radius 1 is 1.12 bits per heavy atom. The molecule has 2 amide bonds. The van der Waals surface area contributed by atoms with E-state index in [1.54, 1.807) is 43.3 Å². The van der Waals surface area contributed by atoms with E-state index in [-0.39, 0.29) is 0 Å². The summed E-state index contributed by atoms with van der Waals surface area (Å²) >= 11 is 3.33. The molecule has 0 aliphatic carbocycles. The van der Waals surface area contributed by atoms with E-state index in [2.05, 4.69) is 26.8 Å². The van der Waals surface area contributed by atoms with E-state index in [9.17, 15) is 9.59 Å². The van der Waals surface area contributed by atoms with Crippen molar-refractivity contribution in [1.29, 1.82) is 0 Å². The summed E-state index contributed by atoms with van der Waals surface area (Å²) in [5, 5.41) is 0. The molecule has 6 nitrogen and oxygen atoms in total. The van der Waals surface area contributed by atoms with E-state index < -0.39 is 17.9 Å². The molecule has 0 aliphatic heterocycles. The molecule has 0 saturated heterocycles. The zero-order chi connectivity index (χ0) is 18.4. The fraction of sp³-hybridized carbons (Fsp3) is 0.222. The van der Waals surface area contributed by atoms with Gasteiger partial charge in [0.25, 0.3) is 11.8 Å². The average molecular weight is 407 g/mol. The number of nitrogens with one attached hydrogen (secondary N) is 2. The second-order valence-electron chi connectivity index (χ2n) is 5.35. The highest BCUT2D eigenvalue weighted by atomic mass is 79.9. The van der Waals surface area contributed by atoms with Crippen LogP contribution in [0.5, 0.6) is 11.5 Å². The normalized spacial score (nSPS) is 11.4. The van der Waals surface area contributed by atoms with E-state index in [4.69, 9.17) is 9.47 Å². The van der Waals surface area contributed by atoms with E-state index >= 15 is 0 Å². The number of ether oxygens (including phenoxy) is 2. The van der Waals surface area contributed by atoms with Gasteiger partial charge in [-0.3, -0.25) is 20.4 Å². The third kappa shape index (κ3) is 5.22. The molecule has 132 valence electrons. The van der Waals surface area contributed by atoms with Crippen LogP contribution in [-0.4, -0.2) is 25.0 Å². The smallest absolute Gasteiger partial charge is 0.279 e. The molecule has 0 aromatic heterocycles. The minimum absolute atomic E-state index is 0.378. The summed E-state index contributed by atoms with van der Waals surface area (Å²) in [5.74, 6) is 0.241. The maximum Gasteiger partial charge on any atom is 0.279 e. The first kappa shape index (κ1) is 18.8. The Bertz CT molecular complexity index is 779. The van der Waals surface area contributed by atoms with Crippen LogP contribution in [0.15, 0.2) is 46.9 Å². The number of carbonyl (C=O) groups is 2. The molecule has 2 rings (SSSR count). The van der Waals surface area contributed by atoms with Crippen molar-refractivity contribution in [2.45, 2.75) is 20.0 Å². The third-order valence-corrected chi connectivity index (χ3v) is 3.94. The van der Waals surface area contributed by atoms with Crippen LogP contribution in [-0.2, 0) is 4.79 Å². The fourth-order valence-electron chi connectivity index (χ4n) is 2.05. The Morgan fingerprint density at radius 3 is 2.56 bits per heavy atom. The summed E-state index contributed by atoms with van der Waals surface area (Å²) in [4.78, 5) is 24.2. The van der Waals surface area contributed by atoms with Crippen molar-refractivity contribution in [3.63, 3.8) is 0 Å². The van der Waals surface area contributed by atoms with Gasteiger partial charge in [0, 0.05) is 10.0 Å². The standard InChI is InChI=1S/C18H19BrN2O4/c1-11-7-8-13(9-16(11)24-3)18(23)21-20-17(22)12(2)25-15-6-4-5-14(19)10-15/h4-10,12H,1-3H3,(H,20,22)(H,21,23)/t12-/m0/s1. The predicted octanol–water partition coefficient (Wildman–Crippen LogP) is 2.99. The molecule has 25 heavy (non-hydrogen) atoms. The van der Waals surface area contributed by atoms with Gasteiger partial charge in [-0.2, -0.15) is 0 Å². The number of hydrogen-bond acceptors (Lipinski definition) is 4. The number of carbonyl (C=O) groups excluding carboxylic acids is 2. The molecule has 0 unspecified atom stereocenters. The van der Waals surface area contributed by atoms with Gasteiger partial charge in [0.2, 0.25) is 0 Å². The highest BCUT2D eigenvalue weighted by Gasteiger charge is 2.16. The lowest BCUT2D eigenvalue weighted by atomic mass is 10.1. The number of aryl methyl sites for hydroxylation is 1. The van der Waals surface area contributed by atoms with Crippen LogP contribution in [0, 0.1) is 6.92 Å². The average Bonchev–Trinajstić information content (AvgIpc) is 2.59. The summed E-state index contributed by atoms with van der Waals surface area (Å²) in [7, 11) is 1.53. The van der Waals surface area contributed by atoms with Crippen LogP contribution in [0.25, 0.3) is 0 Å². The van der Waals surface area contributed by atoms with Gasteiger partial charge in [-0.1, -0.05) is 28.1 Å². The molecular formula is C18H19BrN2O4. The van der Waals surface area contributed by atoms with Crippen LogP contribution in [0.1, 0.15) is 22.8 Å². The van der Waals surface area contributed by atoms with Gasteiger partial charge in [0.05, 0.1) is 7.11 Å². The molecule has 0 bridgehead atoms. The van der Waals surface area contributed by atoms with Crippen LogP contribution in [0.3, 0.4) is 0 Å². The summed E-state index contributed by atoms with van der Waals surface area (Å²) < 4.78 is 11.6.